The van der Waals surface area contributed by atoms with Crippen molar-refractivity contribution in [2.45, 2.75) is 371 Å². The van der Waals surface area contributed by atoms with Crippen LogP contribution in [0.15, 0.2) is 0 Å². The third kappa shape index (κ3) is 32.5. The van der Waals surface area contributed by atoms with E-state index in [1.54, 1.807) is 0 Å². The van der Waals surface area contributed by atoms with E-state index in [0.29, 0.717) is 48.9 Å². The second kappa shape index (κ2) is 45.3. The van der Waals surface area contributed by atoms with Crippen molar-refractivity contribution >= 4 is 0 Å². The third-order valence-corrected chi connectivity index (χ3v) is 26.7. The zero-order valence-electron chi connectivity index (χ0n) is 61.3. The monoisotopic (exact) mass is 1240 g/mol. The number of rotatable bonds is 52. The summed E-state index contributed by atoms with van der Waals surface area (Å²) < 4.78 is 12.3. The minimum absolute atomic E-state index is 0.0509. The standard InChI is InChI=1S/C83H158O5/c1-63(20-12-27-70(8)77-41-37-73(56-77)30-15-23-66(4)46-52-84)35-36-64(2)21-13-28-71(9)78-42-39-75(58-78)32-18-26-69(7)49-55-88-82(61-86)62-87-54-48-68(6)25-17-31-74-38-43-79(57-74)72(10)29-14-22-65(3)45-51-83(11)50-19-34-81(60-83)80-44-40-76(59-80)33-16-24-67(5)47-53-85/h63-82,84-86H,12-62H2,1-11H3. The SMILES string of the molecule is CC(CCO)CCCC1CCC(C(C)CCCC(C)CCC(C)CCCC(C)C2CCC(CCCC(C)CCOC(CO)COCCC(C)CCCC3CCC(C(C)CCCC(C)CCC4(C)CCCC(C5CCC(CCCC(C)CCO)C5)C4)C3)C2)C1. The molecule has 5 rings (SSSR count). The summed E-state index contributed by atoms with van der Waals surface area (Å²) in [4.78, 5) is 0. The minimum atomic E-state index is -0.196. The molecule has 0 aliphatic heterocycles. The molecule has 5 heteroatoms. The molecule has 5 saturated carbocycles. The normalized spacial score (nSPS) is 29.9. The maximum absolute atomic E-state index is 10.1. The van der Waals surface area contributed by atoms with Crippen molar-refractivity contribution < 1.29 is 24.8 Å². The van der Waals surface area contributed by atoms with Gasteiger partial charge in [-0.15, -0.1) is 0 Å². The van der Waals surface area contributed by atoms with Crippen molar-refractivity contribution in [3.63, 3.8) is 0 Å². The Morgan fingerprint density at radius 2 is 0.761 bits per heavy atom. The third-order valence-electron chi connectivity index (χ3n) is 26.7. The maximum Gasteiger partial charge on any atom is 0.104 e. The molecule has 5 aliphatic rings. The van der Waals surface area contributed by atoms with Gasteiger partial charge in [-0.05, 0) is 214 Å². The van der Waals surface area contributed by atoms with Crippen LogP contribution in [0.3, 0.4) is 0 Å². The van der Waals surface area contributed by atoms with E-state index >= 15 is 0 Å². The summed E-state index contributed by atoms with van der Waals surface area (Å²) in [6.07, 6.45) is 62.8. The fourth-order valence-electron chi connectivity index (χ4n) is 19.5. The molecule has 0 amide bonds. The molecular formula is C83H158O5. The Hall–Kier alpha value is -0.200. The predicted molar refractivity (Wildman–Crippen MR) is 381 cm³/mol. The first-order valence-corrected chi connectivity index (χ1v) is 40.5. The molecule has 5 fully saturated rings. The van der Waals surface area contributed by atoms with Crippen LogP contribution >= 0.6 is 0 Å². The van der Waals surface area contributed by atoms with Crippen molar-refractivity contribution in [3.8, 4) is 0 Å². The lowest BCUT2D eigenvalue weighted by molar-refractivity contribution is -0.0471. The Bertz CT molecular complexity index is 1670. The molecule has 0 aromatic heterocycles. The molecule has 21 unspecified atom stereocenters. The van der Waals surface area contributed by atoms with Crippen LogP contribution in [-0.4, -0.2) is 61.1 Å². The van der Waals surface area contributed by atoms with Crippen molar-refractivity contribution in [2.75, 3.05) is 39.6 Å². The second-order valence-corrected chi connectivity index (χ2v) is 35.1. The van der Waals surface area contributed by atoms with Crippen molar-refractivity contribution in [2.24, 2.45) is 118 Å². The molecule has 0 bridgehead atoms. The smallest absolute Gasteiger partial charge is 0.104 e. The number of aliphatic hydroxyl groups is 3. The maximum atomic E-state index is 10.1. The van der Waals surface area contributed by atoms with Gasteiger partial charge in [-0.25, -0.2) is 0 Å². The highest BCUT2D eigenvalue weighted by molar-refractivity contribution is 4.90. The van der Waals surface area contributed by atoms with Crippen molar-refractivity contribution in [1.82, 2.24) is 0 Å². The molecule has 0 aromatic rings. The van der Waals surface area contributed by atoms with Crippen LogP contribution in [0.2, 0.25) is 0 Å². The highest BCUT2D eigenvalue weighted by Crippen LogP contribution is 2.51. The summed E-state index contributed by atoms with van der Waals surface area (Å²) in [5, 5.41) is 28.6. The van der Waals surface area contributed by atoms with Crippen molar-refractivity contribution in [3.05, 3.63) is 0 Å². The first-order chi connectivity index (χ1) is 42.4. The summed E-state index contributed by atoms with van der Waals surface area (Å²) in [6.45, 7) is 30.3. The number of ether oxygens (including phenoxy) is 2. The molecule has 88 heavy (non-hydrogen) atoms. The van der Waals surface area contributed by atoms with Gasteiger partial charge in [0.25, 0.3) is 0 Å². The van der Waals surface area contributed by atoms with E-state index in [1.807, 2.05) is 0 Å². The van der Waals surface area contributed by atoms with Crippen LogP contribution < -0.4 is 0 Å². The van der Waals surface area contributed by atoms with E-state index in [2.05, 4.69) is 76.2 Å². The zero-order valence-corrected chi connectivity index (χ0v) is 61.3. The Labute approximate surface area is 550 Å². The lowest BCUT2D eigenvalue weighted by Gasteiger charge is -2.41. The molecule has 0 saturated heterocycles. The Kier molecular flexibility index (Phi) is 40.4. The van der Waals surface area contributed by atoms with Gasteiger partial charge in [-0.1, -0.05) is 269 Å². The van der Waals surface area contributed by atoms with Gasteiger partial charge in [0.2, 0.25) is 0 Å². The molecule has 5 aliphatic carbocycles. The summed E-state index contributed by atoms with van der Waals surface area (Å²) in [6, 6.07) is 0. The first-order valence-electron chi connectivity index (χ1n) is 40.5. The molecule has 5 nitrogen and oxygen atoms in total. The van der Waals surface area contributed by atoms with E-state index in [9.17, 15) is 15.3 Å². The highest BCUT2D eigenvalue weighted by atomic mass is 16.5. The van der Waals surface area contributed by atoms with Gasteiger partial charge in [0.05, 0.1) is 13.2 Å². The lowest BCUT2D eigenvalue weighted by Crippen LogP contribution is -2.29. The minimum Gasteiger partial charge on any atom is -0.396 e. The fraction of sp³-hybridized carbons (Fsp3) is 1.00. The Morgan fingerprint density at radius 1 is 0.375 bits per heavy atom. The van der Waals surface area contributed by atoms with Crippen molar-refractivity contribution in [1.29, 1.82) is 0 Å². The van der Waals surface area contributed by atoms with Crippen LogP contribution in [0.4, 0.5) is 0 Å². The zero-order chi connectivity index (χ0) is 63.5. The van der Waals surface area contributed by atoms with E-state index in [4.69, 9.17) is 9.47 Å². The van der Waals surface area contributed by atoms with E-state index < -0.39 is 0 Å². The van der Waals surface area contributed by atoms with Crippen LogP contribution in [0.25, 0.3) is 0 Å². The van der Waals surface area contributed by atoms with Crippen LogP contribution in [0.1, 0.15) is 365 Å². The summed E-state index contributed by atoms with van der Waals surface area (Å²) in [7, 11) is 0. The van der Waals surface area contributed by atoms with Crippen LogP contribution in [0, 0.1) is 118 Å². The van der Waals surface area contributed by atoms with Gasteiger partial charge >= 0.3 is 0 Å². The number of aliphatic hydroxyl groups excluding tert-OH is 3. The molecule has 0 aromatic carbocycles. The Balaban J connectivity index is 0.783. The van der Waals surface area contributed by atoms with Gasteiger partial charge in [-0.3, -0.25) is 0 Å². The van der Waals surface area contributed by atoms with E-state index in [-0.39, 0.29) is 12.7 Å². The Morgan fingerprint density at radius 3 is 1.20 bits per heavy atom. The molecular weight excluding hydrogens is 1080 g/mol. The van der Waals surface area contributed by atoms with Crippen LogP contribution in [-0.2, 0) is 9.47 Å². The fourth-order valence-corrected chi connectivity index (χ4v) is 19.5. The second-order valence-electron chi connectivity index (χ2n) is 35.1. The topological polar surface area (TPSA) is 79.2 Å². The average Bonchev–Trinajstić information content (AvgIpc) is 4.27. The molecule has 0 spiro atoms. The van der Waals surface area contributed by atoms with E-state index in [1.165, 1.54) is 263 Å². The first kappa shape index (κ1) is 78.5. The number of hydrogen-bond acceptors (Lipinski definition) is 5. The average molecular weight is 1240 g/mol. The quantitative estimate of drug-likeness (QED) is 0.0529. The molecule has 520 valence electrons. The molecule has 21 atom stereocenters. The van der Waals surface area contributed by atoms with Gasteiger partial charge in [0.1, 0.15) is 6.10 Å². The van der Waals surface area contributed by atoms with Gasteiger partial charge in [0.15, 0.2) is 0 Å². The summed E-state index contributed by atoms with van der Waals surface area (Å²) in [5.41, 5.74) is 0.588. The molecule has 0 heterocycles. The summed E-state index contributed by atoms with van der Waals surface area (Å²) >= 11 is 0. The largest absolute Gasteiger partial charge is 0.396 e. The molecule has 3 N–H and O–H groups in total. The van der Waals surface area contributed by atoms with Gasteiger partial charge in [-0.2, -0.15) is 0 Å². The summed E-state index contributed by atoms with van der Waals surface area (Å²) in [5.74, 6) is 16.8. The van der Waals surface area contributed by atoms with Gasteiger partial charge < -0.3 is 24.8 Å². The highest BCUT2D eigenvalue weighted by Gasteiger charge is 2.39. The lowest BCUT2D eigenvalue weighted by atomic mass is 9.64. The van der Waals surface area contributed by atoms with Gasteiger partial charge in [0, 0.05) is 26.4 Å². The van der Waals surface area contributed by atoms with Crippen LogP contribution in [0.5, 0.6) is 0 Å². The number of hydrogen-bond donors (Lipinski definition) is 3. The van der Waals surface area contributed by atoms with E-state index in [0.717, 1.165) is 128 Å². The molecule has 0 radical (unpaired) electrons. The predicted octanol–water partition coefficient (Wildman–Crippen LogP) is 23.9.